The molecule has 166 valence electrons. The normalized spacial score (nSPS) is 16.8. The molecule has 1 aliphatic heterocycles. The van der Waals surface area contributed by atoms with Crippen LogP contribution in [0.2, 0.25) is 0 Å². The molecule has 1 aromatic heterocycles. The molecule has 8 heteroatoms. The second kappa shape index (κ2) is 9.28. The number of methoxy groups -OCH3 is 2. The van der Waals surface area contributed by atoms with Gasteiger partial charge in [-0.25, -0.2) is 0 Å². The average molecular weight is 444 g/mol. The van der Waals surface area contributed by atoms with Gasteiger partial charge in [0.25, 0.3) is 5.91 Å². The summed E-state index contributed by atoms with van der Waals surface area (Å²) in [7, 11) is 3.33. The molecule has 0 spiro atoms. The molecule has 4 rings (SSSR count). The Morgan fingerprint density at radius 1 is 1.10 bits per heavy atom. The maximum absolute atomic E-state index is 13.1. The summed E-state index contributed by atoms with van der Waals surface area (Å²) in [4.78, 5) is 30.0. The third kappa shape index (κ3) is 5.02. The number of anilines is 1. The van der Waals surface area contributed by atoms with Crippen LogP contribution in [0.3, 0.4) is 0 Å². The molecule has 0 unspecified atom stereocenters. The van der Waals surface area contributed by atoms with E-state index in [0.29, 0.717) is 18.0 Å². The number of ether oxygens (including phenoxy) is 2. The van der Waals surface area contributed by atoms with Crippen molar-refractivity contribution in [1.29, 1.82) is 0 Å². The lowest BCUT2D eigenvalue weighted by atomic mass is 10.1. The Bertz CT molecular complexity index is 962. The predicted molar refractivity (Wildman–Crippen MR) is 121 cm³/mol. The summed E-state index contributed by atoms with van der Waals surface area (Å²) in [5.74, 6) is 1.92. The van der Waals surface area contributed by atoms with E-state index in [-0.39, 0.29) is 17.7 Å². The van der Waals surface area contributed by atoms with Gasteiger partial charge in [-0.2, -0.15) is 0 Å². The molecule has 0 radical (unpaired) electrons. The smallest absolute Gasteiger partial charge is 0.264 e. The molecule has 1 aromatic carbocycles. The van der Waals surface area contributed by atoms with Gasteiger partial charge in [-0.05, 0) is 49.6 Å². The van der Waals surface area contributed by atoms with Gasteiger partial charge in [0.05, 0.1) is 24.1 Å². The van der Waals surface area contributed by atoms with Crippen molar-refractivity contribution in [3.63, 3.8) is 0 Å². The van der Waals surface area contributed by atoms with Crippen molar-refractivity contribution in [2.75, 3.05) is 45.7 Å². The molecule has 7 nitrogen and oxygen atoms in total. The molecule has 0 atom stereocenters. The van der Waals surface area contributed by atoms with Crippen molar-refractivity contribution in [3.8, 4) is 11.5 Å². The summed E-state index contributed by atoms with van der Waals surface area (Å²) in [6.45, 7) is 5.61. The van der Waals surface area contributed by atoms with E-state index in [1.807, 2.05) is 36.1 Å². The highest BCUT2D eigenvalue weighted by Crippen LogP contribution is 2.33. The number of piperazine rings is 1. The number of aryl methyl sites for hydroxylation is 1. The summed E-state index contributed by atoms with van der Waals surface area (Å²) in [6, 6.07) is 7.73. The largest absolute Gasteiger partial charge is 0.497 e. The van der Waals surface area contributed by atoms with E-state index in [1.54, 1.807) is 14.2 Å². The highest BCUT2D eigenvalue weighted by atomic mass is 32.1. The van der Waals surface area contributed by atoms with Gasteiger partial charge in [0.1, 0.15) is 11.5 Å². The van der Waals surface area contributed by atoms with Crippen LogP contribution in [-0.2, 0) is 11.3 Å². The van der Waals surface area contributed by atoms with Crippen LogP contribution in [0.5, 0.6) is 11.5 Å². The standard InChI is InChI=1S/C23H29N3O4S/c1-15-12-20(24-22(27)16-4-5-16)31-21(15)23(28)26-10-8-25(9-11-26)14-17-13-18(29-2)6-7-19(17)30-3/h6-7,12-13,16H,4-5,8-11,14H2,1-3H3,(H,24,27). The van der Waals surface area contributed by atoms with Crippen molar-refractivity contribution < 1.29 is 19.1 Å². The molecule has 1 saturated carbocycles. The van der Waals surface area contributed by atoms with Gasteiger partial charge < -0.3 is 19.7 Å². The number of carbonyl (C=O) groups excluding carboxylic acids is 2. The number of thiophene rings is 1. The quantitative estimate of drug-likeness (QED) is 0.710. The van der Waals surface area contributed by atoms with Crippen LogP contribution >= 0.6 is 11.3 Å². The monoisotopic (exact) mass is 443 g/mol. The van der Waals surface area contributed by atoms with Gasteiger partial charge in [0, 0.05) is 44.2 Å². The third-order valence-electron chi connectivity index (χ3n) is 5.85. The van der Waals surface area contributed by atoms with Gasteiger partial charge in [-0.1, -0.05) is 0 Å². The molecular formula is C23H29N3O4S. The number of hydrogen-bond donors (Lipinski definition) is 1. The first-order valence-electron chi connectivity index (χ1n) is 10.6. The lowest BCUT2D eigenvalue weighted by molar-refractivity contribution is -0.117. The summed E-state index contributed by atoms with van der Waals surface area (Å²) in [5, 5.41) is 3.72. The van der Waals surface area contributed by atoms with Crippen LogP contribution in [0.4, 0.5) is 5.00 Å². The Hall–Kier alpha value is -2.58. The first-order valence-corrected chi connectivity index (χ1v) is 11.4. The fraction of sp³-hybridized carbons (Fsp3) is 0.478. The molecule has 2 heterocycles. The number of benzene rings is 1. The highest BCUT2D eigenvalue weighted by molar-refractivity contribution is 7.18. The fourth-order valence-corrected chi connectivity index (χ4v) is 4.87. The van der Waals surface area contributed by atoms with Crippen LogP contribution in [0.1, 0.15) is 33.6 Å². The Morgan fingerprint density at radius 3 is 2.48 bits per heavy atom. The Morgan fingerprint density at radius 2 is 1.84 bits per heavy atom. The Balaban J connectivity index is 1.35. The van der Waals surface area contributed by atoms with Crippen LogP contribution in [0, 0.1) is 12.8 Å². The van der Waals surface area contributed by atoms with Crippen molar-refractivity contribution in [3.05, 3.63) is 40.3 Å². The van der Waals surface area contributed by atoms with Gasteiger partial charge in [0.2, 0.25) is 5.91 Å². The van der Waals surface area contributed by atoms with E-state index in [0.717, 1.165) is 60.1 Å². The number of nitrogens with one attached hydrogen (secondary N) is 1. The van der Waals surface area contributed by atoms with Crippen molar-refractivity contribution in [2.24, 2.45) is 5.92 Å². The van der Waals surface area contributed by atoms with Gasteiger partial charge in [0.15, 0.2) is 0 Å². The van der Waals surface area contributed by atoms with Crippen molar-refractivity contribution >= 4 is 28.2 Å². The molecule has 1 N–H and O–H groups in total. The van der Waals surface area contributed by atoms with E-state index in [9.17, 15) is 9.59 Å². The molecule has 1 aliphatic carbocycles. The number of nitrogens with zero attached hydrogens (tertiary/aromatic N) is 2. The number of carbonyl (C=O) groups is 2. The lowest BCUT2D eigenvalue weighted by Gasteiger charge is -2.35. The zero-order chi connectivity index (χ0) is 22.0. The van der Waals surface area contributed by atoms with Crippen LogP contribution in [0.15, 0.2) is 24.3 Å². The van der Waals surface area contributed by atoms with E-state index in [1.165, 1.54) is 11.3 Å². The molecule has 2 aliphatic rings. The first kappa shape index (κ1) is 21.6. The van der Waals surface area contributed by atoms with E-state index in [2.05, 4.69) is 10.2 Å². The van der Waals surface area contributed by atoms with E-state index < -0.39 is 0 Å². The van der Waals surface area contributed by atoms with Crippen LogP contribution in [0.25, 0.3) is 0 Å². The second-order valence-electron chi connectivity index (χ2n) is 8.13. The van der Waals surface area contributed by atoms with Gasteiger partial charge in [-0.3, -0.25) is 14.5 Å². The molecule has 2 amide bonds. The summed E-state index contributed by atoms with van der Waals surface area (Å²) in [5.41, 5.74) is 2.00. The minimum Gasteiger partial charge on any atom is -0.497 e. The highest BCUT2D eigenvalue weighted by Gasteiger charge is 2.31. The summed E-state index contributed by atoms with van der Waals surface area (Å²) in [6.07, 6.45) is 1.93. The zero-order valence-electron chi connectivity index (χ0n) is 18.3. The van der Waals surface area contributed by atoms with Gasteiger partial charge in [-0.15, -0.1) is 11.3 Å². The maximum atomic E-state index is 13.1. The molecule has 31 heavy (non-hydrogen) atoms. The fourth-order valence-electron chi connectivity index (χ4n) is 3.82. The number of amides is 2. The predicted octanol–water partition coefficient (Wildman–Crippen LogP) is 3.38. The SMILES string of the molecule is COc1ccc(OC)c(CN2CCN(C(=O)c3sc(NC(=O)C4CC4)cc3C)CC2)c1. The van der Waals surface area contributed by atoms with Gasteiger partial charge >= 0.3 is 0 Å². The zero-order valence-corrected chi connectivity index (χ0v) is 19.1. The van der Waals surface area contributed by atoms with Crippen LogP contribution < -0.4 is 14.8 Å². The summed E-state index contributed by atoms with van der Waals surface area (Å²) < 4.78 is 10.8. The number of hydrogen-bond acceptors (Lipinski definition) is 6. The average Bonchev–Trinajstić information content (AvgIpc) is 3.57. The molecular weight excluding hydrogens is 414 g/mol. The third-order valence-corrected chi connectivity index (χ3v) is 6.99. The molecule has 2 fully saturated rings. The number of rotatable bonds is 7. The van der Waals surface area contributed by atoms with E-state index in [4.69, 9.17) is 9.47 Å². The van der Waals surface area contributed by atoms with Crippen LogP contribution in [-0.4, -0.2) is 62.0 Å². The molecule has 1 saturated heterocycles. The van der Waals surface area contributed by atoms with Crippen molar-refractivity contribution in [2.45, 2.75) is 26.3 Å². The minimum atomic E-state index is 0.0491. The minimum absolute atomic E-state index is 0.0491. The first-order chi connectivity index (χ1) is 15.0. The molecule has 2 aromatic rings. The molecule has 0 bridgehead atoms. The van der Waals surface area contributed by atoms with E-state index >= 15 is 0 Å². The Kier molecular flexibility index (Phi) is 6.48. The summed E-state index contributed by atoms with van der Waals surface area (Å²) >= 11 is 1.38. The van der Waals surface area contributed by atoms with Crippen molar-refractivity contribution in [1.82, 2.24) is 9.80 Å². The second-order valence-corrected chi connectivity index (χ2v) is 9.18. The Labute approximate surface area is 186 Å². The topological polar surface area (TPSA) is 71.1 Å². The maximum Gasteiger partial charge on any atom is 0.264 e. The lowest BCUT2D eigenvalue weighted by Crippen LogP contribution is -2.48.